The molecule has 25 heavy (non-hydrogen) atoms. The van der Waals surface area contributed by atoms with E-state index in [0.29, 0.717) is 19.7 Å². The molecule has 1 atom stereocenters. The third-order valence-corrected chi connectivity index (χ3v) is 5.23. The van der Waals surface area contributed by atoms with Gasteiger partial charge in [-0.15, -0.1) is 11.3 Å². The summed E-state index contributed by atoms with van der Waals surface area (Å²) in [6, 6.07) is 7.84. The Morgan fingerprint density at radius 1 is 1.44 bits per heavy atom. The maximum Gasteiger partial charge on any atom is 0.270 e. The summed E-state index contributed by atoms with van der Waals surface area (Å²) >= 11 is 7.71. The minimum absolute atomic E-state index is 0.0146. The van der Waals surface area contributed by atoms with Crippen molar-refractivity contribution < 1.29 is 14.5 Å². The summed E-state index contributed by atoms with van der Waals surface area (Å²) in [7, 11) is 0. The van der Waals surface area contributed by atoms with Gasteiger partial charge in [0.05, 0.1) is 28.2 Å². The van der Waals surface area contributed by atoms with Crippen molar-refractivity contribution in [2.24, 2.45) is 0 Å². The Balaban J connectivity index is 1.83. The SMILES string of the molecule is O=C(c1ccc([N+](=O)[O-])cc1Cl)N(Cc1cccs1)CC1CCCO1. The number of benzene rings is 1. The fraction of sp³-hybridized carbons (Fsp3) is 0.353. The van der Waals surface area contributed by atoms with Gasteiger partial charge in [-0.05, 0) is 30.4 Å². The minimum atomic E-state index is -0.532. The summed E-state index contributed by atoms with van der Waals surface area (Å²) in [5.41, 5.74) is 0.132. The average Bonchev–Trinajstić information content (AvgIpc) is 3.27. The van der Waals surface area contributed by atoms with E-state index in [4.69, 9.17) is 16.3 Å². The predicted molar refractivity (Wildman–Crippen MR) is 96.1 cm³/mol. The Hall–Kier alpha value is -1.96. The Kier molecular flexibility index (Phi) is 5.67. The third kappa shape index (κ3) is 4.36. The molecule has 1 saturated heterocycles. The van der Waals surface area contributed by atoms with E-state index >= 15 is 0 Å². The van der Waals surface area contributed by atoms with Crippen LogP contribution in [-0.4, -0.2) is 35.0 Å². The lowest BCUT2D eigenvalue weighted by atomic mass is 10.1. The van der Waals surface area contributed by atoms with E-state index in [0.717, 1.165) is 17.7 Å². The zero-order chi connectivity index (χ0) is 17.8. The maximum absolute atomic E-state index is 13.0. The molecular weight excluding hydrogens is 364 g/mol. The van der Waals surface area contributed by atoms with Gasteiger partial charge in [-0.3, -0.25) is 14.9 Å². The van der Waals surface area contributed by atoms with Crippen LogP contribution < -0.4 is 0 Å². The van der Waals surface area contributed by atoms with Gasteiger partial charge in [-0.1, -0.05) is 17.7 Å². The van der Waals surface area contributed by atoms with E-state index in [2.05, 4.69) is 0 Å². The molecule has 132 valence electrons. The molecule has 1 aliphatic rings. The summed E-state index contributed by atoms with van der Waals surface area (Å²) in [5.74, 6) is -0.246. The quantitative estimate of drug-likeness (QED) is 0.558. The molecule has 6 nitrogen and oxygen atoms in total. The Morgan fingerprint density at radius 3 is 2.88 bits per heavy atom. The van der Waals surface area contributed by atoms with Crippen molar-refractivity contribution in [1.82, 2.24) is 4.90 Å². The fourth-order valence-electron chi connectivity index (χ4n) is 2.81. The lowest BCUT2D eigenvalue weighted by molar-refractivity contribution is -0.384. The second-order valence-corrected chi connectivity index (χ2v) is 7.26. The fourth-order valence-corrected chi connectivity index (χ4v) is 3.78. The molecule has 1 amide bonds. The van der Waals surface area contributed by atoms with Gasteiger partial charge in [-0.25, -0.2) is 0 Å². The van der Waals surface area contributed by atoms with Crippen molar-refractivity contribution in [2.75, 3.05) is 13.2 Å². The largest absolute Gasteiger partial charge is 0.376 e. The van der Waals surface area contributed by atoms with Gasteiger partial charge < -0.3 is 9.64 Å². The molecular formula is C17H17ClN2O4S. The molecule has 0 spiro atoms. The van der Waals surface area contributed by atoms with Crippen molar-refractivity contribution in [1.29, 1.82) is 0 Å². The van der Waals surface area contributed by atoms with E-state index < -0.39 is 4.92 Å². The first kappa shape index (κ1) is 17.8. The van der Waals surface area contributed by atoms with Crippen LogP contribution in [0.2, 0.25) is 5.02 Å². The molecule has 1 aliphatic heterocycles. The Morgan fingerprint density at radius 2 is 2.28 bits per heavy atom. The van der Waals surface area contributed by atoms with Gasteiger partial charge in [0.2, 0.25) is 0 Å². The highest BCUT2D eigenvalue weighted by atomic mass is 35.5. The number of amides is 1. The lowest BCUT2D eigenvalue weighted by Crippen LogP contribution is -2.36. The van der Waals surface area contributed by atoms with Crippen molar-refractivity contribution in [3.63, 3.8) is 0 Å². The van der Waals surface area contributed by atoms with E-state index in [1.54, 1.807) is 16.2 Å². The predicted octanol–water partition coefficient (Wildman–Crippen LogP) is 4.13. The second kappa shape index (κ2) is 7.95. The van der Waals surface area contributed by atoms with Crippen LogP contribution >= 0.6 is 22.9 Å². The molecule has 0 radical (unpaired) electrons. The first-order valence-electron chi connectivity index (χ1n) is 7.92. The second-order valence-electron chi connectivity index (χ2n) is 5.82. The van der Waals surface area contributed by atoms with Crippen molar-refractivity contribution in [3.8, 4) is 0 Å². The highest BCUT2D eigenvalue weighted by Gasteiger charge is 2.26. The molecule has 2 heterocycles. The third-order valence-electron chi connectivity index (χ3n) is 4.06. The number of rotatable bonds is 6. The number of hydrogen-bond acceptors (Lipinski definition) is 5. The molecule has 8 heteroatoms. The maximum atomic E-state index is 13.0. The smallest absolute Gasteiger partial charge is 0.270 e. The van der Waals surface area contributed by atoms with Crippen molar-refractivity contribution >= 4 is 34.5 Å². The van der Waals surface area contributed by atoms with E-state index in [-0.39, 0.29) is 28.3 Å². The Labute approximate surface area is 154 Å². The van der Waals surface area contributed by atoms with Crippen LogP contribution in [0, 0.1) is 10.1 Å². The van der Waals surface area contributed by atoms with Gasteiger partial charge in [0, 0.05) is 30.2 Å². The number of nitrogens with zero attached hydrogens (tertiary/aromatic N) is 2. The van der Waals surface area contributed by atoms with Crippen LogP contribution in [0.25, 0.3) is 0 Å². The zero-order valence-electron chi connectivity index (χ0n) is 13.4. The summed E-state index contributed by atoms with van der Waals surface area (Å²) in [6.45, 7) is 1.65. The van der Waals surface area contributed by atoms with E-state index in [1.807, 2.05) is 17.5 Å². The molecule has 0 aliphatic carbocycles. The van der Waals surface area contributed by atoms with Gasteiger partial charge in [0.15, 0.2) is 0 Å². The van der Waals surface area contributed by atoms with Crippen LogP contribution in [0.15, 0.2) is 35.7 Å². The van der Waals surface area contributed by atoms with Gasteiger partial charge >= 0.3 is 0 Å². The molecule has 1 aromatic carbocycles. The summed E-state index contributed by atoms with van der Waals surface area (Å²) in [5, 5.41) is 12.9. The van der Waals surface area contributed by atoms with Gasteiger partial charge in [0.25, 0.3) is 11.6 Å². The first-order valence-corrected chi connectivity index (χ1v) is 9.17. The molecule has 1 fully saturated rings. The number of nitro benzene ring substituents is 1. The molecule has 0 bridgehead atoms. The number of non-ortho nitro benzene ring substituents is 1. The standard InChI is InChI=1S/C17H17ClN2O4S/c18-16-9-12(20(22)23)5-6-15(16)17(21)19(10-13-3-1-7-24-13)11-14-4-2-8-25-14/h2,4-6,8-9,13H,1,3,7,10-11H2. The monoisotopic (exact) mass is 380 g/mol. The number of carbonyl (C=O) groups is 1. The van der Waals surface area contributed by atoms with Gasteiger partial charge in [0.1, 0.15) is 0 Å². The van der Waals surface area contributed by atoms with Crippen LogP contribution in [0.5, 0.6) is 0 Å². The highest BCUT2D eigenvalue weighted by Crippen LogP contribution is 2.26. The van der Waals surface area contributed by atoms with Gasteiger partial charge in [-0.2, -0.15) is 0 Å². The lowest BCUT2D eigenvalue weighted by Gasteiger charge is -2.25. The number of nitro groups is 1. The molecule has 1 aromatic heterocycles. The minimum Gasteiger partial charge on any atom is -0.376 e. The Bertz CT molecular complexity index is 760. The highest BCUT2D eigenvalue weighted by molar-refractivity contribution is 7.09. The average molecular weight is 381 g/mol. The zero-order valence-corrected chi connectivity index (χ0v) is 15.0. The molecule has 2 aromatic rings. The summed E-state index contributed by atoms with van der Waals surface area (Å²) in [4.78, 5) is 26.1. The van der Waals surface area contributed by atoms with Crippen LogP contribution in [0.1, 0.15) is 28.1 Å². The van der Waals surface area contributed by atoms with E-state index in [1.165, 1.54) is 18.2 Å². The van der Waals surface area contributed by atoms with Crippen molar-refractivity contribution in [3.05, 3.63) is 61.3 Å². The molecule has 0 saturated carbocycles. The molecule has 0 N–H and O–H groups in total. The van der Waals surface area contributed by atoms with Crippen LogP contribution in [-0.2, 0) is 11.3 Å². The van der Waals surface area contributed by atoms with E-state index in [9.17, 15) is 14.9 Å². The molecule has 3 rings (SSSR count). The van der Waals surface area contributed by atoms with Crippen LogP contribution in [0.4, 0.5) is 5.69 Å². The normalized spacial score (nSPS) is 16.8. The molecule has 1 unspecified atom stereocenters. The summed E-state index contributed by atoms with van der Waals surface area (Å²) < 4.78 is 5.66. The number of hydrogen-bond donors (Lipinski definition) is 0. The van der Waals surface area contributed by atoms with Crippen LogP contribution in [0.3, 0.4) is 0 Å². The number of carbonyl (C=O) groups excluding carboxylic acids is 1. The summed E-state index contributed by atoms with van der Waals surface area (Å²) in [6.07, 6.45) is 1.92. The number of thiophene rings is 1. The van der Waals surface area contributed by atoms with Crippen molar-refractivity contribution in [2.45, 2.75) is 25.5 Å². The first-order chi connectivity index (χ1) is 12.0. The number of halogens is 1. The topological polar surface area (TPSA) is 72.7 Å². The number of ether oxygens (including phenoxy) is 1.